The van der Waals surface area contributed by atoms with E-state index < -0.39 is 0 Å². The van der Waals surface area contributed by atoms with Crippen LogP contribution in [0, 0.1) is 0 Å². The first-order valence-electron chi connectivity index (χ1n) is 6.40. The molecule has 1 aromatic heterocycles. The molecule has 0 spiro atoms. The van der Waals surface area contributed by atoms with E-state index in [9.17, 15) is 4.79 Å². The number of amides is 2. The summed E-state index contributed by atoms with van der Waals surface area (Å²) in [5.41, 5.74) is 1.12. The van der Waals surface area contributed by atoms with Crippen LogP contribution in [0.3, 0.4) is 0 Å². The molecule has 5 heteroatoms. The van der Waals surface area contributed by atoms with Crippen LogP contribution in [0.1, 0.15) is 24.3 Å². The molecule has 2 rings (SSSR count). The molecule has 0 aliphatic carbocycles. The molecule has 1 heterocycles. The summed E-state index contributed by atoms with van der Waals surface area (Å²) < 4.78 is 5.16. The van der Waals surface area contributed by atoms with E-state index in [4.69, 9.17) is 4.42 Å². The summed E-state index contributed by atoms with van der Waals surface area (Å²) >= 11 is 1.68. The van der Waals surface area contributed by atoms with Crippen molar-refractivity contribution >= 4 is 17.8 Å². The third-order valence-corrected chi connectivity index (χ3v) is 3.77. The first-order chi connectivity index (χ1) is 9.70. The Morgan fingerprint density at radius 2 is 2.10 bits per heavy atom. The van der Waals surface area contributed by atoms with E-state index in [1.807, 2.05) is 37.4 Å². The topological polar surface area (TPSA) is 54.3 Å². The molecule has 0 bridgehead atoms. The Morgan fingerprint density at radius 3 is 2.80 bits per heavy atom. The Labute approximate surface area is 122 Å². The average Bonchev–Trinajstić information content (AvgIpc) is 2.98. The number of hydrogen-bond donors (Lipinski definition) is 2. The van der Waals surface area contributed by atoms with Gasteiger partial charge >= 0.3 is 6.03 Å². The quantitative estimate of drug-likeness (QED) is 0.828. The maximum Gasteiger partial charge on any atom is 0.315 e. The van der Waals surface area contributed by atoms with Crippen molar-refractivity contribution < 1.29 is 9.21 Å². The van der Waals surface area contributed by atoms with Crippen molar-refractivity contribution in [3.63, 3.8) is 0 Å². The molecule has 1 atom stereocenters. The van der Waals surface area contributed by atoms with Crippen LogP contribution in [0.4, 0.5) is 4.79 Å². The van der Waals surface area contributed by atoms with Gasteiger partial charge in [-0.1, -0.05) is 18.2 Å². The highest BCUT2D eigenvalue weighted by Gasteiger charge is 2.12. The summed E-state index contributed by atoms with van der Waals surface area (Å²) in [6.45, 7) is 2.36. The fourth-order valence-electron chi connectivity index (χ4n) is 1.93. The summed E-state index contributed by atoms with van der Waals surface area (Å²) in [5.74, 6) is 0.734. The smallest absolute Gasteiger partial charge is 0.315 e. The van der Waals surface area contributed by atoms with Gasteiger partial charge in [0.2, 0.25) is 0 Å². The zero-order valence-corrected chi connectivity index (χ0v) is 12.4. The van der Waals surface area contributed by atoms with Crippen LogP contribution in [0.2, 0.25) is 0 Å². The third-order valence-electron chi connectivity index (χ3n) is 2.96. The van der Waals surface area contributed by atoms with E-state index in [0.29, 0.717) is 6.54 Å². The van der Waals surface area contributed by atoms with Crippen LogP contribution in [0.25, 0.3) is 0 Å². The molecule has 2 N–H and O–H groups in total. The van der Waals surface area contributed by atoms with Crippen molar-refractivity contribution in [2.24, 2.45) is 0 Å². The Morgan fingerprint density at radius 1 is 1.30 bits per heavy atom. The highest BCUT2D eigenvalue weighted by molar-refractivity contribution is 7.98. The fraction of sp³-hybridized carbons (Fsp3) is 0.267. The minimum Gasteiger partial charge on any atom is -0.467 e. The molecule has 0 unspecified atom stereocenters. The number of urea groups is 1. The average molecular weight is 290 g/mol. The van der Waals surface area contributed by atoms with E-state index in [1.54, 1.807) is 24.1 Å². The molecule has 0 aliphatic heterocycles. The molecular weight excluding hydrogens is 272 g/mol. The van der Waals surface area contributed by atoms with Crippen LogP contribution in [-0.4, -0.2) is 12.3 Å². The predicted octanol–water partition coefficient (Wildman–Crippen LogP) is 3.56. The Hall–Kier alpha value is -1.88. The zero-order valence-electron chi connectivity index (χ0n) is 11.6. The lowest BCUT2D eigenvalue weighted by Gasteiger charge is -2.17. The summed E-state index contributed by atoms with van der Waals surface area (Å²) in [5, 5.41) is 5.70. The molecule has 2 aromatic rings. The second-order valence-electron chi connectivity index (χ2n) is 4.37. The molecule has 1 aromatic carbocycles. The van der Waals surface area contributed by atoms with Gasteiger partial charge in [0.15, 0.2) is 0 Å². The standard InChI is InChI=1S/C15H18N2O2S/c1-11(13-7-3-4-8-14(13)20-2)17-15(18)16-10-12-6-5-9-19-12/h3-9,11H,10H2,1-2H3,(H2,16,17,18)/t11-/m1/s1. The van der Waals surface area contributed by atoms with Crippen molar-refractivity contribution in [1.29, 1.82) is 0 Å². The third kappa shape index (κ3) is 3.81. The molecule has 106 valence electrons. The number of hydrogen-bond acceptors (Lipinski definition) is 3. The number of nitrogens with one attached hydrogen (secondary N) is 2. The van der Waals surface area contributed by atoms with Gasteiger partial charge in [-0.15, -0.1) is 11.8 Å². The van der Waals surface area contributed by atoms with Gasteiger partial charge in [0.05, 0.1) is 18.8 Å². The van der Waals surface area contributed by atoms with Crippen LogP contribution in [0.15, 0.2) is 52.0 Å². The van der Waals surface area contributed by atoms with Crippen LogP contribution < -0.4 is 10.6 Å². The van der Waals surface area contributed by atoms with E-state index in [-0.39, 0.29) is 12.1 Å². The SMILES string of the molecule is CSc1ccccc1[C@@H](C)NC(=O)NCc1ccco1. The number of rotatable bonds is 5. The Bertz CT molecular complexity index is 555. The van der Waals surface area contributed by atoms with Crippen molar-refractivity contribution in [1.82, 2.24) is 10.6 Å². The molecular formula is C15H18N2O2S. The van der Waals surface area contributed by atoms with Gasteiger partial charge in [0, 0.05) is 4.90 Å². The van der Waals surface area contributed by atoms with Crippen molar-refractivity contribution in [2.75, 3.05) is 6.26 Å². The van der Waals surface area contributed by atoms with Gasteiger partial charge in [0.25, 0.3) is 0 Å². The molecule has 0 saturated carbocycles. The van der Waals surface area contributed by atoms with Crippen molar-refractivity contribution in [2.45, 2.75) is 24.4 Å². The number of carbonyl (C=O) groups excluding carboxylic acids is 1. The normalized spacial score (nSPS) is 11.9. The summed E-state index contributed by atoms with van der Waals surface area (Å²) in [4.78, 5) is 13.0. The summed E-state index contributed by atoms with van der Waals surface area (Å²) in [6.07, 6.45) is 3.62. The lowest BCUT2D eigenvalue weighted by Crippen LogP contribution is -2.36. The predicted molar refractivity (Wildman–Crippen MR) is 80.7 cm³/mol. The highest BCUT2D eigenvalue weighted by Crippen LogP contribution is 2.25. The lowest BCUT2D eigenvalue weighted by molar-refractivity contribution is 0.236. The molecule has 2 amide bonds. The molecule has 4 nitrogen and oxygen atoms in total. The van der Waals surface area contributed by atoms with Gasteiger partial charge in [-0.3, -0.25) is 0 Å². The molecule has 20 heavy (non-hydrogen) atoms. The largest absolute Gasteiger partial charge is 0.467 e. The Kier molecular flexibility index (Phi) is 5.12. The van der Waals surface area contributed by atoms with E-state index in [1.165, 1.54) is 4.90 Å². The number of furan rings is 1. The minimum absolute atomic E-state index is 0.0461. The van der Waals surface area contributed by atoms with Gasteiger partial charge in [-0.25, -0.2) is 4.79 Å². The maximum atomic E-state index is 11.9. The number of carbonyl (C=O) groups is 1. The number of thioether (sulfide) groups is 1. The van der Waals surface area contributed by atoms with Gasteiger partial charge in [-0.2, -0.15) is 0 Å². The molecule has 0 radical (unpaired) electrons. The van der Waals surface area contributed by atoms with Gasteiger partial charge in [0.1, 0.15) is 5.76 Å². The van der Waals surface area contributed by atoms with E-state index >= 15 is 0 Å². The van der Waals surface area contributed by atoms with Crippen LogP contribution in [0.5, 0.6) is 0 Å². The highest BCUT2D eigenvalue weighted by atomic mass is 32.2. The van der Waals surface area contributed by atoms with E-state index in [0.717, 1.165) is 11.3 Å². The van der Waals surface area contributed by atoms with Crippen LogP contribution >= 0.6 is 11.8 Å². The molecule has 0 saturated heterocycles. The monoisotopic (exact) mass is 290 g/mol. The lowest BCUT2D eigenvalue weighted by atomic mass is 10.1. The van der Waals surface area contributed by atoms with E-state index in [2.05, 4.69) is 16.7 Å². The fourth-order valence-corrected chi connectivity index (χ4v) is 2.63. The Balaban J connectivity index is 1.90. The summed E-state index contributed by atoms with van der Waals surface area (Å²) in [6, 6.07) is 11.4. The first-order valence-corrected chi connectivity index (χ1v) is 7.63. The molecule has 0 aliphatic rings. The zero-order chi connectivity index (χ0) is 14.4. The van der Waals surface area contributed by atoms with Crippen molar-refractivity contribution in [3.05, 3.63) is 54.0 Å². The number of benzene rings is 1. The second-order valence-corrected chi connectivity index (χ2v) is 5.22. The van der Waals surface area contributed by atoms with Gasteiger partial charge in [-0.05, 0) is 36.9 Å². The minimum atomic E-state index is -0.204. The van der Waals surface area contributed by atoms with Crippen LogP contribution in [-0.2, 0) is 6.54 Å². The maximum absolute atomic E-state index is 11.9. The van der Waals surface area contributed by atoms with Crippen molar-refractivity contribution in [3.8, 4) is 0 Å². The van der Waals surface area contributed by atoms with Gasteiger partial charge < -0.3 is 15.1 Å². The summed E-state index contributed by atoms with van der Waals surface area (Å²) in [7, 11) is 0. The second kappa shape index (κ2) is 7.05. The molecule has 0 fully saturated rings. The first kappa shape index (κ1) is 14.5.